The van der Waals surface area contributed by atoms with Crippen LogP contribution >= 0.6 is 0 Å². The quantitative estimate of drug-likeness (QED) is 0.140. The fourth-order valence-corrected chi connectivity index (χ4v) is 7.53. The molecule has 3 aliphatic rings. The molecule has 0 aromatic heterocycles. The van der Waals surface area contributed by atoms with Crippen molar-refractivity contribution in [2.24, 2.45) is 41.1 Å². The number of ketones is 2. The Labute approximate surface area is 252 Å². The lowest BCUT2D eigenvalue weighted by atomic mass is 9.69. The molecule has 0 spiro atoms. The summed E-state index contributed by atoms with van der Waals surface area (Å²) in [6, 6.07) is -0.537. The predicted molar refractivity (Wildman–Crippen MR) is 154 cm³/mol. The first kappa shape index (κ1) is 35.9. The Morgan fingerprint density at radius 2 is 1.44 bits per heavy atom. The normalized spacial score (nSPS) is 33.8. The van der Waals surface area contributed by atoms with Gasteiger partial charge in [-0.1, -0.05) is 13.0 Å². The summed E-state index contributed by atoms with van der Waals surface area (Å²) in [5, 5.41) is 11.0. The van der Waals surface area contributed by atoms with E-state index in [2.05, 4.69) is 6.58 Å². The summed E-state index contributed by atoms with van der Waals surface area (Å²) in [7, 11) is 0. The van der Waals surface area contributed by atoms with Crippen LogP contribution in [-0.2, 0) is 14.3 Å². The number of allylic oxidation sites excluding steroid dienone is 1. The zero-order valence-electron chi connectivity index (χ0n) is 25.2. The van der Waals surface area contributed by atoms with Crippen molar-refractivity contribution in [3.05, 3.63) is 12.3 Å². The van der Waals surface area contributed by atoms with E-state index in [1.807, 2.05) is 0 Å². The van der Waals surface area contributed by atoms with Gasteiger partial charge in [0.2, 0.25) is 6.43 Å². The second-order valence-electron chi connectivity index (χ2n) is 13.6. The maximum Gasteiger partial charge on any atom is 0.391 e. The third-order valence-corrected chi connectivity index (χ3v) is 9.82. The summed E-state index contributed by atoms with van der Waals surface area (Å²) < 4.78 is 73.3. The molecule has 0 radical (unpaired) electrons. The van der Waals surface area contributed by atoms with Crippen molar-refractivity contribution in [1.82, 2.24) is 0 Å². The summed E-state index contributed by atoms with van der Waals surface area (Å²) in [6.45, 7) is 3.65. The zero-order chi connectivity index (χ0) is 31.7. The van der Waals surface area contributed by atoms with E-state index in [4.69, 9.17) is 16.2 Å². The maximum atomic E-state index is 13.8. The summed E-state index contributed by atoms with van der Waals surface area (Å²) in [5.41, 5.74) is 12.0. The summed E-state index contributed by atoms with van der Waals surface area (Å²) in [5.74, 6) is -3.64. The predicted octanol–water partition coefficient (Wildman–Crippen LogP) is 6.62. The van der Waals surface area contributed by atoms with E-state index in [1.165, 1.54) is 0 Å². The lowest BCUT2D eigenvalue weighted by molar-refractivity contribution is -0.198. The van der Waals surface area contributed by atoms with Crippen LogP contribution in [0.1, 0.15) is 109 Å². The Morgan fingerprint density at radius 3 is 2.02 bits per heavy atom. The molecule has 0 heterocycles. The van der Waals surface area contributed by atoms with Crippen LogP contribution in [0.2, 0.25) is 0 Å². The fraction of sp³-hybridized carbons (Fsp3) is 0.875. The molecular weight excluding hydrogens is 571 g/mol. The van der Waals surface area contributed by atoms with Crippen LogP contribution in [0, 0.1) is 29.6 Å². The Kier molecular flexibility index (Phi) is 13.9. The van der Waals surface area contributed by atoms with Crippen molar-refractivity contribution < 1.29 is 41.4 Å². The van der Waals surface area contributed by atoms with Gasteiger partial charge in [0, 0.05) is 43.3 Å². The zero-order valence-corrected chi connectivity index (χ0v) is 25.2. The number of unbranched alkanes of at least 4 members (excludes halogenated alkanes) is 2. The van der Waals surface area contributed by atoms with Crippen LogP contribution in [0.4, 0.5) is 22.0 Å². The number of aliphatic hydroxyl groups is 1. The number of nitrogens with two attached hydrogens (primary N) is 2. The number of hydrogen-bond donors (Lipinski definition) is 3. The average molecular weight is 623 g/mol. The lowest BCUT2D eigenvalue weighted by Gasteiger charge is -2.39. The molecule has 3 fully saturated rings. The number of rotatable bonds is 15. The molecule has 3 saturated carbocycles. The molecule has 3 aliphatic carbocycles. The fourth-order valence-electron chi connectivity index (χ4n) is 7.53. The Morgan fingerprint density at radius 1 is 0.837 bits per heavy atom. The molecule has 0 bridgehead atoms. The number of halogens is 5. The molecule has 0 aliphatic heterocycles. The third-order valence-electron chi connectivity index (χ3n) is 9.82. The topological polar surface area (TPSA) is 116 Å². The standard InChI is InChI=1S/C32H51F5N2O4/c1-19(38)5-3-2-4-6-26(40)14-21-12-23(31(33)34)13-22(30(21)42)15-27(41)11-20-7-9-28(10-8-20)43-29-17-24(32(35,36)37)16-25(39)18-29/h20-25,28-31,42H,1-18,38-39H2. The van der Waals surface area contributed by atoms with Crippen LogP contribution in [-0.4, -0.2) is 53.6 Å². The molecule has 3 rings (SSSR count). The van der Waals surface area contributed by atoms with Gasteiger partial charge in [-0.2, -0.15) is 13.2 Å². The monoisotopic (exact) mass is 622 g/mol. The van der Waals surface area contributed by atoms with Crippen LogP contribution < -0.4 is 11.5 Å². The van der Waals surface area contributed by atoms with Gasteiger partial charge >= 0.3 is 6.18 Å². The van der Waals surface area contributed by atoms with Gasteiger partial charge in [-0.3, -0.25) is 9.59 Å². The highest BCUT2D eigenvalue weighted by atomic mass is 19.4. The van der Waals surface area contributed by atoms with Gasteiger partial charge in [0.1, 0.15) is 11.6 Å². The minimum absolute atomic E-state index is 0.00722. The van der Waals surface area contributed by atoms with Gasteiger partial charge in [0.05, 0.1) is 24.2 Å². The van der Waals surface area contributed by atoms with Gasteiger partial charge in [-0.25, -0.2) is 8.78 Å². The van der Waals surface area contributed by atoms with Crippen molar-refractivity contribution in [1.29, 1.82) is 0 Å². The largest absolute Gasteiger partial charge is 0.403 e. The average Bonchev–Trinajstić information content (AvgIpc) is 2.90. The number of Topliss-reactive ketones (excluding diaryl/α,β-unsaturated/α-hetero) is 2. The van der Waals surface area contributed by atoms with E-state index in [9.17, 15) is 36.6 Å². The molecule has 0 amide bonds. The number of carbonyl (C=O) groups excluding carboxylic acids is 2. The summed E-state index contributed by atoms with van der Waals surface area (Å²) in [6.07, 6.45) is -1.80. The SMILES string of the molecule is C=C(N)CCCCCC(=O)CC1CC(C(F)F)CC(CC(=O)CC2CCC(OC3CC(N)CC(C(F)(F)F)C3)CC2)C1O. The molecule has 7 atom stereocenters. The molecule has 5 N–H and O–H groups in total. The van der Waals surface area contributed by atoms with Gasteiger partial charge in [0.25, 0.3) is 0 Å². The van der Waals surface area contributed by atoms with Gasteiger partial charge < -0.3 is 21.3 Å². The summed E-state index contributed by atoms with van der Waals surface area (Å²) in [4.78, 5) is 25.6. The van der Waals surface area contributed by atoms with Crippen molar-refractivity contribution in [3.63, 3.8) is 0 Å². The number of aliphatic hydroxyl groups excluding tert-OH is 1. The van der Waals surface area contributed by atoms with Crippen molar-refractivity contribution in [2.75, 3.05) is 0 Å². The van der Waals surface area contributed by atoms with Gasteiger partial charge in [0.15, 0.2) is 0 Å². The van der Waals surface area contributed by atoms with Gasteiger partial charge in [-0.15, -0.1) is 0 Å². The highest BCUT2D eigenvalue weighted by Crippen LogP contribution is 2.42. The molecule has 6 nitrogen and oxygen atoms in total. The molecule has 11 heteroatoms. The molecule has 0 saturated heterocycles. The van der Waals surface area contributed by atoms with E-state index < -0.39 is 54.5 Å². The van der Waals surface area contributed by atoms with E-state index in [1.54, 1.807) is 0 Å². The second kappa shape index (κ2) is 16.6. The molecular formula is C32H51F5N2O4. The molecule has 43 heavy (non-hydrogen) atoms. The number of carbonyl (C=O) groups is 2. The Bertz CT molecular complexity index is 909. The minimum Gasteiger partial charge on any atom is -0.403 e. The maximum absolute atomic E-state index is 13.8. The van der Waals surface area contributed by atoms with Crippen molar-refractivity contribution in [3.8, 4) is 0 Å². The number of alkyl halides is 5. The van der Waals surface area contributed by atoms with Crippen LogP contribution in [0.3, 0.4) is 0 Å². The number of hydrogen-bond acceptors (Lipinski definition) is 6. The summed E-state index contributed by atoms with van der Waals surface area (Å²) >= 11 is 0. The lowest BCUT2D eigenvalue weighted by Crippen LogP contribution is -2.43. The van der Waals surface area contributed by atoms with Crippen LogP contribution in [0.5, 0.6) is 0 Å². The first-order valence-electron chi connectivity index (χ1n) is 16.1. The van der Waals surface area contributed by atoms with Crippen LogP contribution in [0.25, 0.3) is 0 Å². The first-order valence-corrected chi connectivity index (χ1v) is 16.1. The highest BCUT2D eigenvalue weighted by molar-refractivity contribution is 5.79. The van der Waals surface area contributed by atoms with E-state index in [0.717, 1.165) is 12.8 Å². The van der Waals surface area contributed by atoms with Crippen molar-refractivity contribution >= 4 is 11.6 Å². The molecule has 248 valence electrons. The molecule has 0 aromatic rings. The molecule has 0 aromatic carbocycles. The molecule has 7 unspecified atom stereocenters. The van der Waals surface area contributed by atoms with E-state index >= 15 is 0 Å². The second-order valence-corrected chi connectivity index (χ2v) is 13.6. The van der Waals surface area contributed by atoms with Gasteiger partial charge in [-0.05, 0) is 94.8 Å². The Balaban J connectivity index is 1.43. The highest BCUT2D eigenvalue weighted by Gasteiger charge is 2.45. The van der Waals surface area contributed by atoms with E-state index in [-0.39, 0.29) is 68.5 Å². The first-order chi connectivity index (χ1) is 20.2. The smallest absolute Gasteiger partial charge is 0.391 e. The third kappa shape index (κ3) is 12.0. The Hall–Kier alpha value is -1.59. The van der Waals surface area contributed by atoms with Crippen molar-refractivity contribution in [2.45, 2.75) is 146 Å². The minimum atomic E-state index is -4.28. The van der Waals surface area contributed by atoms with E-state index in [0.29, 0.717) is 57.1 Å². The van der Waals surface area contributed by atoms with Crippen LogP contribution in [0.15, 0.2) is 12.3 Å². The number of ether oxygens (including phenoxy) is 1.